The Kier molecular flexibility index (Phi) is 6.70. The van der Waals surface area contributed by atoms with Crippen LogP contribution in [0.15, 0.2) is 0 Å². The molecule has 0 heterocycles. The lowest BCUT2D eigenvalue weighted by molar-refractivity contribution is 0.204. The molecule has 2 fully saturated rings. The highest BCUT2D eigenvalue weighted by Crippen LogP contribution is 2.38. The minimum absolute atomic E-state index is 0.836. The lowest BCUT2D eigenvalue weighted by atomic mass is 9.76. The van der Waals surface area contributed by atoms with E-state index in [-0.39, 0.29) is 0 Å². The second-order valence-electron chi connectivity index (χ2n) is 7.15. The number of hydrogen-bond acceptors (Lipinski definition) is 1. The Morgan fingerprint density at radius 3 is 2.05 bits per heavy atom. The zero-order chi connectivity index (χ0) is 13.5. The summed E-state index contributed by atoms with van der Waals surface area (Å²) in [6.45, 7) is 5.86. The highest BCUT2D eigenvalue weighted by atomic mass is 14.9. The topological polar surface area (TPSA) is 12.0 Å². The van der Waals surface area contributed by atoms with Crippen molar-refractivity contribution in [3.63, 3.8) is 0 Å². The monoisotopic (exact) mass is 265 g/mol. The summed E-state index contributed by atoms with van der Waals surface area (Å²) in [5.74, 6) is 3.14. The maximum Gasteiger partial charge on any atom is 0.00954 e. The molecule has 2 rings (SSSR count). The first-order valence-corrected chi connectivity index (χ1v) is 9.06. The van der Waals surface area contributed by atoms with Crippen molar-refractivity contribution in [3.05, 3.63) is 0 Å². The average Bonchev–Trinajstić information content (AvgIpc) is 3.25. The summed E-state index contributed by atoms with van der Waals surface area (Å²) in [6, 6.07) is 0.836. The molecule has 0 saturated heterocycles. The number of rotatable bonds is 9. The van der Waals surface area contributed by atoms with E-state index in [1.165, 1.54) is 77.2 Å². The van der Waals surface area contributed by atoms with Gasteiger partial charge in [-0.05, 0) is 56.4 Å². The smallest absolute Gasteiger partial charge is 0.00954 e. The van der Waals surface area contributed by atoms with Crippen molar-refractivity contribution < 1.29 is 0 Å². The zero-order valence-corrected chi connectivity index (χ0v) is 13.3. The minimum atomic E-state index is 0.836. The molecule has 19 heavy (non-hydrogen) atoms. The highest BCUT2D eigenvalue weighted by Gasteiger charge is 2.29. The van der Waals surface area contributed by atoms with Gasteiger partial charge < -0.3 is 5.32 Å². The van der Waals surface area contributed by atoms with Gasteiger partial charge in [0, 0.05) is 6.04 Å². The Morgan fingerprint density at radius 1 is 0.842 bits per heavy atom. The molecule has 0 amide bonds. The summed E-state index contributed by atoms with van der Waals surface area (Å²) >= 11 is 0. The Morgan fingerprint density at radius 2 is 1.47 bits per heavy atom. The summed E-state index contributed by atoms with van der Waals surface area (Å²) in [5, 5.41) is 3.87. The first kappa shape index (κ1) is 15.4. The first-order chi connectivity index (χ1) is 9.33. The van der Waals surface area contributed by atoms with Crippen molar-refractivity contribution in [2.75, 3.05) is 6.54 Å². The molecular formula is C18H35N. The predicted octanol–water partition coefficient (Wildman–Crippen LogP) is 5.15. The van der Waals surface area contributed by atoms with Gasteiger partial charge in [-0.3, -0.25) is 0 Å². The fourth-order valence-electron chi connectivity index (χ4n) is 3.94. The molecule has 2 aliphatic carbocycles. The van der Waals surface area contributed by atoms with Crippen molar-refractivity contribution in [1.29, 1.82) is 0 Å². The van der Waals surface area contributed by atoms with E-state index in [0.717, 1.165) is 23.8 Å². The molecule has 0 spiro atoms. The molecule has 0 aromatic heterocycles. The first-order valence-electron chi connectivity index (χ1n) is 9.06. The van der Waals surface area contributed by atoms with Crippen LogP contribution in [-0.4, -0.2) is 12.6 Å². The summed E-state index contributed by atoms with van der Waals surface area (Å²) < 4.78 is 0. The molecule has 0 bridgehead atoms. The van der Waals surface area contributed by atoms with E-state index in [2.05, 4.69) is 19.2 Å². The third kappa shape index (κ3) is 5.45. The van der Waals surface area contributed by atoms with Crippen LogP contribution in [0.2, 0.25) is 0 Å². The summed E-state index contributed by atoms with van der Waals surface area (Å²) in [7, 11) is 0. The summed E-state index contributed by atoms with van der Waals surface area (Å²) in [4.78, 5) is 0. The Bertz CT molecular complexity index is 226. The van der Waals surface area contributed by atoms with E-state index in [1.54, 1.807) is 0 Å². The van der Waals surface area contributed by atoms with Gasteiger partial charge in [0.05, 0.1) is 0 Å². The van der Waals surface area contributed by atoms with Crippen molar-refractivity contribution in [3.8, 4) is 0 Å². The maximum absolute atomic E-state index is 3.87. The maximum atomic E-state index is 3.87. The molecule has 1 N–H and O–H groups in total. The van der Waals surface area contributed by atoms with Gasteiger partial charge >= 0.3 is 0 Å². The molecule has 1 atom stereocenters. The van der Waals surface area contributed by atoms with Gasteiger partial charge in [0.2, 0.25) is 0 Å². The van der Waals surface area contributed by atoms with Crippen molar-refractivity contribution in [1.82, 2.24) is 5.32 Å². The minimum Gasteiger partial charge on any atom is -0.314 e. The van der Waals surface area contributed by atoms with Crippen molar-refractivity contribution >= 4 is 0 Å². The van der Waals surface area contributed by atoms with Crippen LogP contribution in [0.4, 0.5) is 0 Å². The van der Waals surface area contributed by atoms with E-state index < -0.39 is 0 Å². The van der Waals surface area contributed by atoms with Gasteiger partial charge in [0.15, 0.2) is 0 Å². The quantitative estimate of drug-likeness (QED) is 0.608. The average molecular weight is 265 g/mol. The molecule has 1 unspecified atom stereocenters. The van der Waals surface area contributed by atoms with Crippen LogP contribution in [0.1, 0.15) is 84.5 Å². The molecule has 1 nitrogen and oxygen atoms in total. The molecular weight excluding hydrogens is 230 g/mol. The van der Waals surface area contributed by atoms with Crippen LogP contribution in [-0.2, 0) is 0 Å². The van der Waals surface area contributed by atoms with E-state index in [9.17, 15) is 0 Å². The van der Waals surface area contributed by atoms with Gasteiger partial charge in [-0.1, -0.05) is 52.4 Å². The molecule has 112 valence electrons. The number of hydrogen-bond donors (Lipinski definition) is 1. The van der Waals surface area contributed by atoms with Crippen LogP contribution in [0.5, 0.6) is 0 Å². The predicted molar refractivity (Wildman–Crippen MR) is 84.4 cm³/mol. The Hall–Kier alpha value is -0.0400. The second-order valence-corrected chi connectivity index (χ2v) is 7.15. The second kappa shape index (κ2) is 8.29. The van der Waals surface area contributed by atoms with Crippen molar-refractivity contribution in [2.45, 2.75) is 90.5 Å². The van der Waals surface area contributed by atoms with Crippen LogP contribution in [0, 0.1) is 17.8 Å². The Balaban J connectivity index is 1.73. The van der Waals surface area contributed by atoms with Crippen LogP contribution < -0.4 is 5.32 Å². The fourth-order valence-corrected chi connectivity index (χ4v) is 3.94. The molecule has 0 aromatic rings. The fraction of sp³-hybridized carbons (Fsp3) is 1.00. The third-order valence-electron chi connectivity index (χ3n) is 5.40. The highest BCUT2D eigenvalue weighted by molar-refractivity contribution is 4.84. The van der Waals surface area contributed by atoms with Crippen molar-refractivity contribution in [2.24, 2.45) is 17.8 Å². The largest absolute Gasteiger partial charge is 0.314 e. The van der Waals surface area contributed by atoms with E-state index >= 15 is 0 Å². The van der Waals surface area contributed by atoms with E-state index in [0.29, 0.717) is 0 Å². The molecule has 0 aliphatic heterocycles. The normalized spacial score (nSPS) is 29.4. The van der Waals surface area contributed by atoms with E-state index in [4.69, 9.17) is 0 Å². The van der Waals surface area contributed by atoms with Gasteiger partial charge in [0.1, 0.15) is 0 Å². The lowest BCUT2D eigenvalue weighted by Crippen LogP contribution is -2.38. The molecule has 0 aromatic carbocycles. The van der Waals surface area contributed by atoms with Gasteiger partial charge in [-0.15, -0.1) is 0 Å². The van der Waals surface area contributed by atoms with Gasteiger partial charge in [-0.2, -0.15) is 0 Å². The molecule has 0 radical (unpaired) electrons. The molecule has 2 aliphatic rings. The third-order valence-corrected chi connectivity index (χ3v) is 5.40. The summed E-state index contributed by atoms with van der Waals surface area (Å²) in [6.07, 6.45) is 16.1. The Labute approximate surface area is 120 Å². The lowest BCUT2D eigenvalue weighted by Gasteiger charge is -2.34. The van der Waals surface area contributed by atoms with Crippen LogP contribution >= 0.6 is 0 Å². The van der Waals surface area contributed by atoms with Gasteiger partial charge in [-0.25, -0.2) is 0 Å². The SMILES string of the molecule is CCCNC(CCC1CC1)C1CCC(CCC)CC1. The molecule has 2 saturated carbocycles. The van der Waals surface area contributed by atoms with Gasteiger partial charge in [0.25, 0.3) is 0 Å². The van der Waals surface area contributed by atoms with Crippen LogP contribution in [0.3, 0.4) is 0 Å². The zero-order valence-electron chi connectivity index (χ0n) is 13.3. The number of nitrogens with one attached hydrogen (secondary N) is 1. The van der Waals surface area contributed by atoms with Crippen LogP contribution in [0.25, 0.3) is 0 Å². The molecule has 1 heteroatoms. The standard InChI is InChI=1S/C18H35N/c1-3-5-15-8-11-17(12-9-15)18(19-14-4-2)13-10-16-6-7-16/h15-19H,3-14H2,1-2H3. The van der Waals surface area contributed by atoms with E-state index in [1.807, 2.05) is 0 Å². The summed E-state index contributed by atoms with van der Waals surface area (Å²) in [5.41, 5.74) is 0.